The standard InChI is InChI=1S/C19H19ClN2O3/c20-17-6-2-4-15(10-17)12-22-8-7-21(13-18(22)23)11-14-3-1-5-16(9-14)19(24)25/h1-6,9-10H,7-8,11-13H2,(H,24,25). The van der Waals surface area contributed by atoms with Crippen molar-refractivity contribution < 1.29 is 14.7 Å². The molecule has 1 amide bonds. The molecule has 25 heavy (non-hydrogen) atoms. The number of nitrogens with zero attached hydrogens (tertiary/aromatic N) is 2. The van der Waals surface area contributed by atoms with Crippen molar-refractivity contribution in [1.29, 1.82) is 0 Å². The molecular formula is C19H19ClN2O3. The lowest BCUT2D eigenvalue weighted by molar-refractivity contribution is -0.136. The Labute approximate surface area is 151 Å². The van der Waals surface area contributed by atoms with E-state index in [0.717, 1.165) is 17.7 Å². The Bertz CT molecular complexity index is 794. The highest BCUT2D eigenvalue weighted by Crippen LogP contribution is 2.16. The zero-order valence-electron chi connectivity index (χ0n) is 13.7. The van der Waals surface area contributed by atoms with Gasteiger partial charge >= 0.3 is 5.97 Å². The Morgan fingerprint density at radius 1 is 1.04 bits per heavy atom. The van der Waals surface area contributed by atoms with Crippen LogP contribution in [0.4, 0.5) is 0 Å². The predicted molar refractivity (Wildman–Crippen MR) is 95.5 cm³/mol. The minimum absolute atomic E-state index is 0.0700. The topological polar surface area (TPSA) is 60.9 Å². The highest BCUT2D eigenvalue weighted by molar-refractivity contribution is 6.30. The molecule has 0 unspecified atom stereocenters. The molecule has 0 aliphatic carbocycles. The van der Waals surface area contributed by atoms with Crippen molar-refractivity contribution in [1.82, 2.24) is 9.80 Å². The molecular weight excluding hydrogens is 340 g/mol. The molecule has 130 valence electrons. The number of carbonyl (C=O) groups is 2. The quantitative estimate of drug-likeness (QED) is 0.892. The normalized spacial score (nSPS) is 15.4. The summed E-state index contributed by atoms with van der Waals surface area (Å²) in [7, 11) is 0. The van der Waals surface area contributed by atoms with Gasteiger partial charge in [0.2, 0.25) is 5.91 Å². The summed E-state index contributed by atoms with van der Waals surface area (Å²) >= 11 is 5.99. The maximum atomic E-state index is 12.4. The van der Waals surface area contributed by atoms with Crippen LogP contribution in [0.1, 0.15) is 21.5 Å². The van der Waals surface area contributed by atoms with Gasteiger partial charge < -0.3 is 10.0 Å². The molecule has 2 aromatic rings. The number of piperazine rings is 1. The Morgan fingerprint density at radius 2 is 1.76 bits per heavy atom. The minimum atomic E-state index is -0.940. The summed E-state index contributed by atoms with van der Waals surface area (Å²) < 4.78 is 0. The van der Waals surface area contributed by atoms with Crippen LogP contribution in [0.5, 0.6) is 0 Å². The van der Waals surface area contributed by atoms with Gasteiger partial charge in [-0.25, -0.2) is 4.79 Å². The monoisotopic (exact) mass is 358 g/mol. The smallest absolute Gasteiger partial charge is 0.335 e. The zero-order chi connectivity index (χ0) is 17.8. The van der Waals surface area contributed by atoms with Crippen molar-refractivity contribution in [2.24, 2.45) is 0 Å². The lowest BCUT2D eigenvalue weighted by Gasteiger charge is -2.34. The number of amides is 1. The van der Waals surface area contributed by atoms with Gasteiger partial charge in [-0.3, -0.25) is 9.69 Å². The summed E-state index contributed by atoms with van der Waals surface area (Å²) in [6.07, 6.45) is 0. The summed E-state index contributed by atoms with van der Waals surface area (Å²) in [5, 5.41) is 9.74. The van der Waals surface area contributed by atoms with Gasteiger partial charge in [-0.05, 0) is 35.4 Å². The average Bonchev–Trinajstić information content (AvgIpc) is 2.58. The second kappa shape index (κ2) is 7.68. The molecule has 0 bridgehead atoms. The second-order valence-electron chi connectivity index (χ2n) is 6.16. The molecule has 1 aliphatic heterocycles. The van der Waals surface area contributed by atoms with Crippen molar-refractivity contribution in [3.63, 3.8) is 0 Å². The first-order valence-electron chi connectivity index (χ1n) is 8.08. The van der Waals surface area contributed by atoms with Gasteiger partial charge in [-0.2, -0.15) is 0 Å². The molecule has 0 aromatic heterocycles. The third kappa shape index (κ3) is 4.59. The lowest BCUT2D eigenvalue weighted by Crippen LogP contribution is -2.49. The molecule has 1 aliphatic rings. The minimum Gasteiger partial charge on any atom is -0.478 e. The maximum absolute atomic E-state index is 12.4. The van der Waals surface area contributed by atoms with E-state index in [4.69, 9.17) is 16.7 Å². The fourth-order valence-corrected chi connectivity index (χ4v) is 3.19. The van der Waals surface area contributed by atoms with Gasteiger partial charge in [0.1, 0.15) is 0 Å². The third-order valence-corrected chi connectivity index (χ3v) is 4.48. The van der Waals surface area contributed by atoms with Crippen molar-refractivity contribution in [2.45, 2.75) is 13.1 Å². The molecule has 1 saturated heterocycles. The summed E-state index contributed by atoms with van der Waals surface area (Å²) in [6, 6.07) is 14.4. The van der Waals surface area contributed by atoms with Crippen molar-refractivity contribution >= 4 is 23.5 Å². The highest BCUT2D eigenvalue weighted by atomic mass is 35.5. The van der Waals surface area contributed by atoms with Crippen LogP contribution >= 0.6 is 11.6 Å². The van der Waals surface area contributed by atoms with Gasteiger partial charge in [0.15, 0.2) is 0 Å². The highest BCUT2D eigenvalue weighted by Gasteiger charge is 2.24. The Kier molecular flexibility index (Phi) is 5.36. The first-order chi connectivity index (χ1) is 12.0. The van der Waals surface area contributed by atoms with E-state index in [1.165, 1.54) is 0 Å². The van der Waals surface area contributed by atoms with Gasteiger partial charge in [0.25, 0.3) is 0 Å². The Hall–Kier alpha value is -2.37. The van der Waals surface area contributed by atoms with E-state index in [2.05, 4.69) is 0 Å². The molecule has 5 nitrogen and oxygen atoms in total. The molecule has 0 atom stereocenters. The van der Waals surface area contributed by atoms with Gasteiger partial charge in [-0.1, -0.05) is 35.9 Å². The first kappa shape index (κ1) is 17.5. The van der Waals surface area contributed by atoms with Gasteiger partial charge in [0, 0.05) is 31.2 Å². The largest absolute Gasteiger partial charge is 0.478 e. The fourth-order valence-electron chi connectivity index (χ4n) is 2.98. The molecule has 1 heterocycles. The van der Waals surface area contributed by atoms with E-state index < -0.39 is 5.97 Å². The zero-order valence-corrected chi connectivity index (χ0v) is 14.4. The number of hydrogen-bond acceptors (Lipinski definition) is 3. The van der Waals surface area contributed by atoms with E-state index in [-0.39, 0.29) is 11.5 Å². The van der Waals surface area contributed by atoms with E-state index in [0.29, 0.717) is 31.2 Å². The Balaban J connectivity index is 1.59. The summed E-state index contributed by atoms with van der Waals surface area (Å²) in [6.45, 7) is 2.85. The molecule has 0 radical (unpaired) electrons. The maximum Gasteiger partial charge on any atom is 0.335 e. The van der Waals surface area contributed by atoms with Crippen LogP contribution in [-0.2, 0) is 17.9 Å². The summed E-state index contributed by atoms with van der Waals surface area (Å²) in [5.41, 5.74) is 2.18. The van der Waals surface area contributed by atoms with Crippen molar-refractivity contribution in [3.8, 4) is 0 Å². The average molecular weight is 359 g/mol. The van der Waals surface area contributed by atoms with Crippen LogP contribution in [0.25, 0.3) is 0 Å². The molecule has 0 spiro atoms. The Morgan fingerprint density at radius 3 is 2.44 bits per heavy atom. The van der Waals surface area contributed by atoms with Crippen molar-refractivity contribution in [3.05, 3.63) is 70.2 Å². The number of carbonyl (C=O) groups excluding carboxylic acids is 1. The SMILES string of the molecule is O=C(O)c1cccc(CN2CCN(Cc3cccc(Cl)c3)C(=O)C2)c1. The molecule has 1 N–H and O–H groups in total. The van der Waals surface area contributed by atoms with E-state index in [1.807, 2.05) is 40.1 Å². The van der Waals surface area contributed by atoms with Crippen LogP contribution in [0.15, 0.2) is 48.5 Å². The second-order valence-corrected chi connectivity index (χ2v) is 6.60. The summed E-state index contributed by atoms with van der Waals surface area (Å²) in [5.74, 6) is -0.870. The molecule has 6 heteroatoms. The van der Waals surface area contributed by atoms with Crippen LogP contribution in [0.2, 0.25) is 5.02 Å². The van der Waals surface area contributed by atoms with E-state index in [9.17, 15) is 9.59 Å². The van der Waals surface area contributed by atoms with Gasteiger partial charge in [0.05, 0.1) is 12.1 Å². The predicted octanol–water partition coefficient (Wildman–Crippen LogP) is 2.88. The van der Waals surface area contributed by atoms with Gasteiger partial charge in [-0.15, -0.1) is 0 Å². The number of carboxylic acids is 1. The molecule has 2 aromatic carbocycles. The van der Waals surface area contributed by atoms with Crippen LogP contribution < -0.4 is 0 Å². The number of benzene rings is 2. The molecule has 3 rings (SSSR count). The number of hydrogen-bond donors (Lipinski definition) is 1. The number of carboxylic acid groups (broad SMARTS) is 1. The first-order valence-corrected chi connectivity index (χ1v) is 8.46. The van der Waals surface area contributed by atoms with E-state index in [1.54, 1.807) is 18.2 Å². The van der Waals surface area contributed by atoms with Crippen LogP contribution in [0, 0.1) is 0 Å². The fraction of sp³-hybridized carbons (Fsp3) is 0.263. The van der Waals surface area contributed by atoms with E-state index >= 15 is 0 Å². The number of rotatable bonds is 5. The molecule has 1 fully saturated rings. The molecule has 0 saturated carbocycles. The van der Waals surface area contributed by atoms with Crippen LogP contribution in [0.3, 0.4) is 0 Å². The summed E-state index contributed by atoms with van der Waals surface area (Å²) in [4.78, 5) is 27.3. The lowest BCUT2D eigenvalue weighted by atomic mass is 10.1. The number of halogens is 1. The van der Waals surface area contributed by atoms with Crippen LogP contribution in [-0.4, -0.2) is 46.4 Å². The number of aromatic carboxylic acids is 1. The third-order valence-electron chi connectivity index (χ3n) is 4.24. The van der Waals surface area contributed by atoms with Crippen molar-refractivity contribution in [2.75, 3.05) is 19.6 Å².